The Morgan fingerprint density at radius 2 is 1.74 bits per heavy atom. The molecule has 4 nitrogen and oxygen atoms in total. The van der Waals surface area contributed by atoms with Gasteiger partial charge in [0, 0.05) is 43.0 Å². The molecule has 3 rings (SSSR count). The van der Waals surface area contributed by atoms with Gasteiger partial charge in [-0.05, 0) is 44.6 Å². The van der Waals surface area contributed by atoms with Gasteiger partial charge in [0.15, 0.2) is 0 Å². The van der Waals surface area contributed by atoms with E-state index >= 15 is 0 Å². The number of nitrogens with zero attached hydrogens (tertiary/aromatic N) is 2. The highest BCUT2D eigenvalue weighted by Gasteiger charge is 2.24. The first-order valence-corrected chi connectivity index (χ1v) is 7.49. The average molecular weight is 261 g/mol. The lowest BCUT2D eigenvalue weighted by Crippen LogP contribution is -2.26. The van der Waals surface area contributed by atoms with Crippen molar-refractivity contribution in [2.24, 2.45) is 5.73 Å². The zero-order valence-electron chi connectivity index (χ0n) is 11.4. The molecule has 2 heterocycles. The first-order valence-electron chi connectivity index (χ1n) is 7.49. The van der Waals surface area contributed by atoms with Crippen molar-refractivity contribution in [2.75, 3.05) is 13.2 Å². The largest absolute Gasteiger partial charge is 0.381 e. The predicted molar refractivity (Wildman–Crippen MR) is 74.0 cm³/mol. The molecule has 1 aromatic heterocycles. The van der Waals surface area contributed by atoms with Crippen molar-refractivity contribution in [1.29, 1.82) is 0 Å². The molecule has 1 aliphatic heterocycles. The summed E-state index contributed by atoms with van der Waals surface area (Å²) in [5, 5.41) is 0. The highest BCUT2D eigenvalue weighted by atomic mass is 16.5. The molecule has 0 unspecified atom stereocenters. The summed E-state index contributed by atoms with van der Waals surface area (Å²) in [5.41, 5.74) is 7.18. The number of rotatable bonds is 2. The molecule has 0 radical (unpaired) electrons. The molecule has 1 aliphatic carbocycles. The topological polar surface area (TPSA) is 61.0 Å². The third-order valence-corrected chi connectivity index (χ3v) is 4.47. The number of aromatic nitrogens is 2. The van der Waals surface area contributed by atoms with E-state index in [2.05, 4.69) is 11.1 Å². The van der Waals surface area contributed by atoms with Crippen molar-refractivity contribution < 1.29 is 4.74 Å². The molecule has 19 heavy (non-hydrogen) atoms. The molecular weight excluding hydrogens is 238 g/mol. The highest BCUT2D eigenvalue weighted by Crippen LogP contribution is 2.31. The fourth-order valence-corrected chi connectivity index (χ4v) is 3.18. The van der Waals surface area contributed by atoms with Crippen molar-refractivity contribution in [3.63, 3.8) is 0 Å². The lowest BCUT2D eigenvalue weighted by atomic mass is 9.85. The summed E-state index contributed by atoms with van der Waals surface area (Å²) < 4.78 is 5.42. The van der Waals surface area contributed by atoms with Crippen molar-refractivity contribution in [2.45, 2.75) is 56.4 Å². The van der Waals surface area contributed by atoms with Gasteiger partial charge in [-0.2, -0.15) is 0 Å². The van der Waals surface area contributed by atoms with E-state index in [0.29, 0.717) is 17.9 Å². The van der Waals surface area contributed by atoms with Gasteiger partial charge in [0.05, 0.1) is 0 Å². The second-order valence-electron chi connectivity index (χ2n) is 5.84. The van der Waals surface area contributed by atoms with Gasteiger partial charge in [-0.1, -0.05) is 0 Å². The lowest BCUT2D eigenvalue weighted by molar-refractivity contribution is 0.0844. The normalized spacial score (nSPS) is 29.3. The van der Waals surface area contributed by atoms with Crippen molar-refractivity contribution in [3.05, 3.63) is 23.8 Å². The first kappa shape index (κ1) is 13.0. The molecule has 0 bridgehead atoms. The molecule has 1 saturated carbocycles. The van der Waals surface area contributed by atoms with Crippen LogP contribution >= 0.6 is 0 Å². The van der Waals surface area contributed by atoms with Gasteiger partial charge in [0.25, 0.3) is 0 Å². The Morgan fingerprint density at radius 1 is 1.00 bits per heavy atom. The van der Waals surface area contributed by atoms with E-state index in [1.54, 1.807) is 0 Å². The van der Waals surface area contributed by atoms with Crippen LogP contribution < -0.4 is 5.73 Å². The second kappa shape index (κ2) is 5.97. The first-order chi connectivity index (χ1) is 9.33. The summed E-state index contributed by atoms with van der Waals surface area (Å²) >= 11 is 0. The smallest absolute Gasteiger partial charge is 0.131 e. The molecule has 1 saturated heterocycles. The molecule has 2 aliphatic rings. The van der Waals surface area contributed by atoms with E-state index in [4.69, 9.17) is 15.5 Å². The van der Waals surface area contributed by atoms with Crippen LogP contribution in [0.2, 0.25) is 0 Å². The van der Waals surface area contributed by atoms with Crippen LogP contribution in [-0.2, 0) is 4.74 Å². The summed E-state index contributed by atoms with van der Waals surface area (Å²) in [6.45, 7) is 1.73. The Morgan fingerprint density at radius 3 is 2.47 bits per heavy atom. The Balaban J connectivity index is 1.72. The van der Waals surface area contributed by atoms with Crippen LogP contribution in [0.4, 0.5) is 0 Å². The fourth-order valence-electron chi connectivity index (χ4n) is 3.18. The molecule has 0 spiro atoms. The standard InChI is InChI=1S/C15H23N3O/c16-13-3-1-12(2-4-13)15-17-8-5-14(18-15)11-6-9-19-10-7-11/h5,8,11-13H,1-4,6-7,9-10,16H2. The van der Waals surface area contributed by atoms with Crippen LogP contribution in [0.1, 0.15) is 61.9 Å². The Kier molecular flexibility index (Phi) is 4.09. The van der Waals surface area contributed by atoms with Gasteiger partial charge >= 0.3 is 0 Å². The van der Waals surface area contributed by atoms with E-state index in [0.717, 1.165) is 57.6 Å². The van der Waals surface area contributed by atoms with Crippen LogP contribution in [0, 0.1) is 0 Å². The van der Waals surface area contributed by atoms with Crippen LogP contribution in [0.3, 0.4) is 0 Å². The quantitative estimate of drug-likeness (QED) is 0.887. The molecule has 0 aromatic carbocycles. The van der Waals surface area contributed by atoms with E-state index in [1.165, 1.54) is 5.69 Å². The van der Waals surface area contributed by atoms with E-state index in [9.17, 15) is 0 Å². The molecular formula is C15H23N3O. The van der Waals surface area contributed by atoms with Crippen LogP contribution in [0.5, 0.6) is 0 Å². The minimum atomic E-state index is 0.384. The molecule has 4 heteroatoms. The fraction of sp³-hybridized carbons (Fsp3) is 0.733. The Hall–Kier alpha value is -1.00. The van der Waals surface area contributed by atoms with Gasteiger partial charge < -0.3 is 10.5 Å². The molecule has 104 valence electrons. The van der Waals surface area contributed by atoms with Crippen LogP contribution in [-0.4, -0.2) is 29.2 Å². The molecule has 2 fully saturated rings. The zero-order chi connectivity index (χ0) is 13.1. The zero-order valence-corrected chi connectivity index (χ0v) is 11.4. The van der Waals surface area contributed by atoms with Crippen molar-refractivity contribution >= 4 is 0 Å². The van der Waals surface area contributed by atoms with Gasteiger partial charge in [0.2, 0.25) is 0 Å². The van der Waals surface area contributed by atoms with E-state index in [-0.39, 0.29) is 0 Å². The summed E-state index contributed by atoms with van der Waals surface area (Å²) in [6, 6.07) is 2.46. The number of nitrogens with two attached hydrogens (primary N) is 1. The Bertz CT molecular complexity index is 410. The van der Waals surface area contributed by atoms with Crippen molar-refractivity contribution in [1.82, 2.24) is 9.97 Å². The average Bonchev–Trinajstić information content (AvgIpc) is 2.49. The summed E-state index contributed by atoms with van der Waals surface area (Å²) in [5.74, 6) is 2.11. The number of hydrogen-bond donors (Lipinski definition) is 1. The molecule has 2 N–H and O–H groups in total. The van der Waals surface area contributed by atoms with Crippen LogP contribution in [0.15, 0.2) is 12.3 Å². The highest BCUT2D eigenvalue weighted by molar-refractivity contribution is 5.11. The summed E-state index contributed by atoms with van der Waals surface area (Å²) in [4.78, 5) is 9.34. The van der Waals surface area contributed by atoms with Crippen molar-refractivity contribution in [3.8, 4) is 0 Å². The minimum absolute atomic E-state index is 0.384. The second-order valence-corrected chi connectivity index (χ2v) is 5.84. The molecule has 0 atom stereocenters. The predicted octanol–water partition coefficient (Wildman–Crippen LogP) is 2.36. The maximum Gasteiger partial charge on any atom is 0.131 e. The summed E-state index contributed by atoms with van der Waals surface area (Å²) in [7, 11) is 0. The van der Waals surface area contributed by atoms with Gasteiger partial charge in [-0.25, -0.2) is 9.97 Å². The number of hydrogen-bond acceptors (Lipinski definition) is 4. The maximum absolute atomic E-state index is 5.97. The van der Waals surface area contributed by atoms with Crippen LogP contribution in [0.25, 0.3) is 0 Å². The third kappa shape index (κ3) is 3.12. The molecule has 1 aromatic rings. The molecule has 0 amide bonds. The van der Waals surface area contributed by atoms with E-state index in [1.807, 2.05) is 6.20 Å². The van der Waals surface area contributed by atoms with Gasteiger partial charge in [0.1, 0.15) is 5.82 Å². The number of ether oxygens (including phenoxy) is 1. The maximum atomic E-state index is 5.97. The van der Waals surface area contributed by atoms with Gasteiger partial charge in [-0.15, -0.1) is 0 Å². The third-order valence-electron chi connectivity index (χ3n) is 4.47. The Labute approximate surface area is 114 Å². The van der Waals surface area contributed by atoms with Gasteiger partial charge in [-0.3, -0.25) is 0 Å². The lowest BCUT2D eigenvalue weighted by Gasteiger charge is -2.26. The van der Waals surface area contributed by atoms with E-state index < -0.39 is 0 Å². The summed E-state index contributed by atoms with van der Waals surface area (Å²) in [6.07, 6.45) is 8.60. The monoisotopic (exact) mass is 261 g/mol. The minimum Gasteiger partial charge on any atom is -0.381 e. The SMILES string of the molecule is NC1CCC(c2nccc(C3CCOCC3)n2)CC1.